The summed E-state index contributed by atoms with van der Waals surface area (Å²) in [5.74, 6) is -0.480. The maximum absolute atomic E-state index is 14.1. The third kappa shape index (κ3) is 4.51. The van der Waals surface area contributed by atoms with E-state index in [0.717, 1.165) is 0 Å². The second-order valence-corrected chi connectivity index (χ2v) is 11.9. The van der Waals surface area contributed by atoms with Crippen LogP contribution in [0.1, 0.15) is 33.6 Å². The number of allylic oxidation sites excluding steroid dienone is 1. The summed E-state index contributed by atoms with van der Waals surface area (Å²) >= 11 is 0. The van der Waals surface area contributed by atoms with E-state index in [-0.39, 0.29) is 11.1 Å². The molecule has 3 nitrogen and oxygen atoms in total. The summed E-state index contributed by atoms with van der Waals surface area (Å²) in [4.78, 5) is 11.4. The quantitative estimate of drug-likeness (QED) is 0.446. The van der Waals surface area contributed by atoms with Crippen LogP contribution in [0.3, 0.4) is 0 Å². The first-order valence-corrected chi connectivity index (χ1v) is 10.2. The SMILES string of the molecule is C=C1/C(=C/C(=O)OC)C[C@@H](O[Si](C)(C)C(C)(C)C)C[C@@H]1F. The molecular weight excluding hydrogens is 287 g/mol. The van der Waals surface area contributed by atoms with Crippen molar-refractivity contribution in [3.63, 3.8) is 0 Å². The fraction of sp³-hybridized carbons (Fsp3) is 0.688. The molecule has 1 saturated carbocycles. The smallest absolute Gasteiger partial charge is 0.330 e. The molecule has 5 heteroatoms. The molecule has 21 heavy (non-hydrogen) atoms. The molecule has 1 fully saturated rings. The van der Waals surface area contributed by atoms with Crippen LogP contribution in [-0.4, -0.2) is 33.7 Å². The molecule has 0 aromatic rings. The highest BCUT2D eigenvalue weighted by Crippen LogP contribution is 2.40. The first kappa shape index (κ1) is 18.1. The van der Waals surface area contributed by atoms with Gasteiger partial charge < -0.3 is 9.16 Å². The van der Waals surface area contributed by atoms with E-state index in [1.165, 1.54) is 13.2 Å². The van der Waals surface area contributed by atoms with Gasteiger partial charge in [-0.15, -0.1) is 0 Å². The summed E-state index contributed by atoms with van der Waals surface area (Å²) in [6, 6.07) is 0. The molecule has 0 saturated heterocycles. The largest absolute Gasteiger partial charge is 0.466 e. The monoisotopic (exact) mass is 314 g/mol. The van der Waals surface area contributed by atoms with E-state index in [1.54, 1.807) is 0 Å². The molecule has 0 bridgehead atoms. The zero-order valence-electron chi connectivity index (χ0n) is 14.0. The molecule has 1 aliphatic rings. The van der Waals surface area contributed by atoms with Crippen LogP contribution >= 0.6 is 0 Å². The first-order valence-electron chi connectivity index (χ1n) is 7.27. The Hall–Kier alpha value is -0.943. The molecular formula is C16H27FO3Si. The van der Waals surface area contributed by atoms with E-state index in [1.807, 2.05) is 0 Å². The third-order valence-electron chi connectivity index (χ3n) is 4.47. The van der Waals surface area contributed by atoms with Gasteiger partial charge >= 0.3 is 5.97 Å². The van der Waals surface area contributed by atoms with Gasteiger partial charge in [-0.05, 0) is 35.7 Å². The van der Waals surface area contributed by atoms with Gasteiger partial charge in [0.05, 0.1) is 13.2 Å². The lowest BCUT2D eigenvalue weighted by molar-refractivity contribution is -0.134. The molecule has 0 N–H and O–H groups in total. The van der Waals surface area contributed by atoms with Crippen LogP contribution < -0.4 is 0 Å². The van der Waals surface area contributed by atoms with Crippen molar-refractivity contribution >= 4 is 14.3 Å². The fourth-order valence-corrected chi connectivity index (χ4v) is 3.44. The van der Waals surface area contributed by atoms with E-state index in [0.29, 0.717) is 24.0 Å². The topological polar surface area (TPSA) is 35.5 Å². The van der Waals surface area contributed by atoms with E-state index in [9.17, 15) is 9.18 Å². The number of carbonyl (C=O) groups is 1. The van der Waals surface area contributed by atoms with E-state index in [4.69, 9.17) is 4.43 Å². The lowest BCUT2D eigenvalue weighted by Gasteiger charge is -2.41. The van der Waals surface area contributed by atoms with Crippen LogP contribution in [0.15, 0.2) is 23.8 Å². The number of rotatable bonds is 3. The van der Waals surface area contributed by atoms with Crippen molar-refractivity contribution in [1.29, 1.82) is 0 Å². The van der Waals surface area contributed by atoms with Crippen LogP contribution in [0.2, 0.25) is 18.1 Å². The minimum atomic E-state index is -1.96. The molecule has 0 unspecified atom stereocenters. The van der Waals surface area contributed by atoms with Gasteiger partial charge in [-0.2, -0.15) is 0 Å². The summed E-state index contributed by atoms with van der Waals surface area (Å²) < 4.78 is 25.0. The zero-order chi connectivity index (χ0) is 16.4. The highest BCUT2D eigenvalue weighted by atomic mass is 28.4. The van der Waals surface area contributed by atoms with Gasteiger partial charge in [0.25, 0.3) is 0 Å². The molecule has 0 aromatic carbocycles. The number of hydrogen-bond donors (Lipinski definition) is 0. The Labute approximate surface area is 128 Å². The third-order valence-corrected chi connectivity index (χ3v) is 9.00. The number of carbonyl (C=O) groups excluding carboxylic acids is 1. The van der Waals surface area contributed by atoms with Crippen molar-refractivity contribution in [3.8, 4) is 0 Å². The first-order chi connectivity index (χ1) is 9.48. The van der Waals surface area contributed by atoms with Crippen molar-refractivity contribution in [2.45, 2.75) is 64.0 Å². The molecule has 0 radical (unpaired) electrons. The Balaban J connectivity index is 2.90. The minimum Gasteiger partial charge on any atom is -0.466 e. The molecule has 0 aromatic heterocycles. The summed E-state index contributed by atoms with van der Waals surface area (Å²) in [5, 5.41) is 0.0689. The van der Waals surface area contributed by atoms with E-state index in [2.05, 4.69) is 45.2 Å². The Morgan fingerprint density at radius 2 is 2.00 bits per heavy atom. The van der Waals surface area contributed by atoms with Gasteiger partial charge in [-0.25, -0.2) is 9.18 Å². The second kappa shape index (κ2) is 6.44. The molecule has 0 amide bonds. The van der Waals surface area contributed by atoms with Crippen molar-refractivity contribution in [2.24, 2.45) is 0 Å². The van der Waals surface area contributed by atoms with Crippen LogP contribution in [0.4, 0.5) is 4.39 Å². The Kier molecular flexibility index (Phi) is 5.55. The normalized spacial score (nSPS) is 26.0. The Bertz CT molecular complexity index is 449. The van der Waals surface area contributed by atoms with Crippen LogP contribution in [-0.2, 0) is 14.0 Å². The van der Waals surface area contributed by atoms with Gasteiger partial charge in [-0.3, -0.25) is 0 Å². The van der Waals surface area contributed by atoms with E-state index < -0.39 is 20.5 Å². The number of esters is 1. The maximum atomic E-state index is 14.1. The maximum Gasteiger partial charge on any atom is 0.330 e. The predicted octanol–water partition coefficient (Wildman–Crippen LogP) is 4.16. The van der Waals surface area contributed by atoms with E-state index >= 15 is 0 Å². The summed E-state index contributed by atoms with van der Waals surface area (Å²) in [7, 11) is -0.654. The summed E-state index contributed by atoms with van der Waals surface area (Å²) in [6.45, 7) is 14.5. The van der Waals surface area contributed by atoms with Crippen LogP contribution in [0.25, 0.3) is 0 Å². The Morgan fingerprint density at radius 1 is 1.43 bits per heavy atom. The molecule has 0 heterocycles. The highest BCUT2D eigenvalue weighted by Gasteiger charge is 2.41. The lowest BCUT2D eigenvalue weighted by atomic mass is 9.87. The summed E-state index contributed by atoms with van der Waals surface area (Å²) in [5.41, 5.74) is 0.972. The van der Waals surface area contributed by atoms with Gasteiger partial charge in [0.2, 0.25) is 0 Å². The van der Waals surface area contributed by atoms with Crippen LogP contribution in [0.5, 0.6) is 0 Å². The molecule has 0 aliphatic heterocycles. The highest BCUT2D eigenvalue weighted by molar-refractivity contribution is 6.74. The van der Waals surface area contributed by atoms with Gasteiger partial charge in [-0.1, -0.05) is 27.4 Å². The number of hydrogen-bond acceptors (Lipinski definition) is 3. The minimum absolute atomic E-state index is 0.0689. The lowest BCUT2D eigenvalue weighted by Crippen LogP contribution is -2.45. The van der Waals surface area contributed by atoms with Gasteiger partial charge in [0, 0.05) is 12.5 Å². The van der Waals surface area contributed by atoms with Gasteiger partial charge in [0.15, 0.2) is 8.32 Å². The van der Waals surface area contributed by atoms with Crippen LogP contribution in [0, 0.1) is 0 Å². The molecule has 1 rings (SSSR count). The molecule has 1 aliphatic carbocycles. The zero-order valence-corrected chi connectivity index (χ0v) is 15.0. The number of methoxy groups -OCH3 is 1. The molecule has 2 atom stereocenters. The van der Waals surface area contributed by atoms with Crippen molar-refractivity contribution < 1.29 is 18.3 Å². The summed E-state index contributed by atoms with van der Waals surface area (Å²) in [6.07, 6.45) is 0.785. The Morgan fingerprint density at radius 3 is 2.48 bits per heavy atom. The second-order valence-electron chi connectivity index (χ2n) is 7.13. The van der Waals surface area contributed by atoms with Crippen molar-refractivity contribution in [2.75, 3.05) is 7.11 Å². The number of halogens is 1. The number of ether oxygens (including phenoxy) is 1. The average molecular weight is 314 g/mol. The average Bonchev–Trinajstić information content (AvgIpc) is 2.33. The fourth-order valence-electron chi connectivity index (χ4n) is 2.07. The molecule has 120 valence electrons. The number of alkyl halides is 1. The van der Waals surface area contributed by atoms with Crippen molar-refractivity contribution in [1.82, 2.24) is 0 Å². The van der Waals surface area contributed by atoms with Gasteiger partial charge in [0.1, 0.15) is 6.17 Å². The predicted molar refractivity (Wildman–Crippen MR) is 85.4 cm³/mol. The standard InChI is InChI=1S/C16H27FO3Si/c1-11-12(9-15(18)19-5)8-13(10-14(11)17)20-21(6,7)16(2,3)4/h9,13-14H,1,8,10H2,2-7H3/b12-9+/t13-,14+/m1/s1. The molecule has 0 spiro atoms. The van der Waals surface area contributed by atoms with Crippen molar-refractivity contribution in [3.05, 3.63) is 23.8 Å².